The van der Waals surface area contributed by atoms with Crippen LogP contribution in [0.4, 0.5) is 0 Å². The van der Waals surface area contributed by atoms with Crippen LogP contribution in [0.25, 0.3) is 10.9 Å². The second-order valence-corrected chi connectivity index (χ2v) is 3.02. The van der Waals surface area contributed by atoms with E-state index in [1.165, 1.54) is 18.3 Å². The Morgan fingerprint density at radius 3 is 2.71 bits per heavy atom. The number of aromatic nitrogens is 1. The van der Waals surface area contributed by atoms with Crippen LogP contribution in [0.1, 0.15) is 0 Å². The Morgan fingerprint density at radius 2 is 2.00 bits per heavy atom. The minimum absolute atomic E-state index is 0.0317. The van der Waals surface area contributed by atoms with Gasteiger partial charge in [0.15, 0.2) is 11.5 Å². The molecule has 0 saturated carbocycles. The van der Waals surface area contributed by atoms with E-state index >= 15 is 0 Å². The van der Waals surface area contributed by atoms with E-state index in [0.717, 1.165) is 0 Å². The first kappa shape index (κ1) is 9.03. The molecule has 72 valence electrons. The Morgan fingerprint density at radius 1 is 1.21 bits per heavy atom. The molecule has 14 heavy (non-hydrogen) atoms. The Labute approximate surface area is 82.5 Å². The van der Waals surface area contributed by atoms with E-state index < -0.39 is 0 Å². The number of hydrogen-bond donors (Lipinski definition) is 2. The van der Waals surface area contributed by atoms with Crippen molar-refractivity contribution in [3.63, 3.8) is 0 Å². The number of pyridine rings is 1. The first-order valence-corrected chi connectivity index (χ1v) is 4.37. The highest BCUT2D eigenvalue weighted by Crippen LogP contribution is 2.34. The summed E-state index contributed by atoms with van der Waals surface area (Å²) in [6.45, 7) is 0. The van der Waals surface area contributed by atoms with Gasteiger partial charge in [-0.05, 0) is 12.1 Å². The molecule has 0 aliphatic carbocycles. The molecule has 0 aliphatic rings. The zero-order chi connectivity index (χ0) is 10.1. The molecular weight excluding hydrogens is 201 g/mol. The van der Waals surface area contributed by atoms with E-state index in [9.17, 15) is 10.2 Å². The van der Waals surface area contributed by atoms with E-state index in [1.807, 2.05) is 9.47 Å². The van der Waals surface area contributed by atoms with Crippen molar-refractivity contribution in [3.05, 3.63) is 24.4 Å². The molecule has 0 amide bonds. The lowest BCUT2D eigenvalue weighted by atomic mass is 10.2. The monoisotopic (exact) mass is 209 g/mol. The number of hydrogen-bond acceptors (Lipinski definition) is 4. The predicted octanol–water partition coefficient (Wildman–Crippen LogP) is 1.81. The van der Waals surface area contributed by atoms with Gasteiger partial charge in [0.2, 0.25) is 0 Å². The van der Waals surface area contributed by atoms with Crippen LogP contribution < -0.4 is 4.52 Å². The quantitative estimate of drug-likeness (QED) is 0.703. The van der Waals surface area contributed by atoms with Crippen LogP contribution in [0.5, 0.6) is 17.2 Å². The highest BCUT2D eigenvalue weighted by Gasteiger charge is 2.07. The van der Waals surface area contributed by atoms with Crippen LogP contribution in [-0.4, -0.2) is 15.2 Å². The third kappa shape index (κ3) is 1.34. The van der Waals surface area contributed by atoms with Gasteiger partial charge in [-0.25, -0.2) is 0 Å². The van der Waals surface area contributed by atoms with Crippen LogP contribution in [0.3, 0.4) is 0 Å². The summed E-state index contributed by atoms with van der Waals surface area (Å²) < 4.78 is 4.84. The van der Waals surface area contributed by atoms with E-state index in [4.69, 9.17) is 4.52 Å². The van der Waals surface area contributed by atoms with Crippen molar-refractivity contribution in [2.45, 2.75) is 0 Å². The largest absolute Gasteiger partial charge is 0.507 e. The Bertz CT molecular complexity index is 487. The minimum atomic E-state index is -0.0317. The molecule has 2 aromatic rings. The van der Waals surface area contributed by atoms with Gasteiger partial charge < -0.3 is 14.7 Å². The van der Waals surface area contributed by atoms with Crippen molar-refractivity contribution in [2.75, 3.05) is 0 Å². The van der Waals surface area contributed by atoms with Crippen LogP contribution >= 0.6 is 9.47 Å². The Hall–Kier alpha value is -1.54. The summed E-state index contributed by atoms with van der Waals surface area (Å²) in [5, 5.41) is 19.4. The molecule has 1 aromatic heterocycles. The maximum atomic E-state index is 9.46. The summed E-state index contributed by atoms with van der Waals surface area (Å²) in [4.78, 5) is 4.03. The highest BCUT2D eigenvalue weighted by atomic mass is 31.0. The molecular formula is C9H8NO3P. The van der Waals surface area contributed by atoms with Gasteiger partial charge in [0.1, 0.15) is 5.75 Å². The zero-order valence-corrected chi connectivity index (χ0v) is 8.29. The van der Waals surface area contributed by atoms with E-state index in [-0.39, 0.29) is 11.5 Å². The van der Waals surface area contributed by atoms with Gasteiger partial charge in [-0.2, -0.15) is 0 Å². The highest BCUT2D eigenvalue weighted by molar-refractivity contribution is 7.10. The Kier molecular flexibility index (Phi) is 2.14. The molecule has 4 nitrogen and oxygen atoms in total. The lowest BCUT2D eigenvalue weighted by Gasteiger charge is -2.05. The molecule has 1 heterocycles. The molecule has 1 aromatic carbocycles. The summed E-state index contributed by atoms with van der Waals surface area (Å²) >= 11 is 0. The summed E-state index contributed by atoms with van der Waals surface area (Å²) in [5.74, 6) is 0.358. The van der Waals surface area contributed by atoms with Gasteiger partial charge in [-0.3, -0.25) is 4.98 Å². The molecule has 2 N–H and O–H groups in total. The fraction of sp³-hybridized carbons (Fsp3) is 0. The van der Waals surface area contributed by atoms with E-state index in [0.29, 0.717) is 16.7 Å². The third-order valence-corrected chi connectivity index (χ3v) is 2.18. The van der Waals surface area contributed by atoms with Crippen molar-refractivity contribution >= 4 is 20.4 Å². The van der Waals surface area contributed by atoms with Gasteiger partial charge in [0, 0.05) is 17.6 Å². The molecule has 0 saturated heterocycles. The molecule has 1 atom stereocenters. The van der Waals surface area contributed by atoms with Crippen molar-refractivity contribution in [3.8, 4) is 17.2 Å². The number of phenols is 1. The van der Waals surface area contributed by atoms with E-state index in [1.54, 1.807) is 6.07 Å². The second kappa shape index (κ2) is 3.31. The molecule has 0 fully saturated rings. The van der Waals surface area contributed by atoms with Gasteiger partial charge in [-0.1, -0.05) is 0 Å². The molecule has 0 aliphatic heterocycles. The predicted molar refractivity (Wildman–Crippen MR) is 55.4 cm³/mol. The molecule has 1 unspecified atom stereocenters. The van der Waals surface area contributed by atoms with Crippen LogP contribution in [0.15, 0.2) is 24.4 Å². The number of rotatable bonds is 1. The SMILES string of the molecule is Oc1cc2c(O)ccnc2cc1OP. The standard InChI is InChI=1S/C9H8NO3P/c11-7-1-2-10-6-4-9(13-14)8(12)3-5(6)7/h1-4,12H,14H2,(H,10,11). The molecule has 5 heteroatoms. The summed E-state index contributed by atoms with van der Waals surface area (Å²) in [6, 6.07) is 4.43. The normalized spacial score (nSPS) is 10.4. The second-order valence-electron chi connectivity index (χ2n) is 2.79. The van der Waals surface area contributed by atoms with Crippen LogP contribution in [0.2, 0.25) is 0 Å². The van der Waals surface area contributed by atoms with Gasteiger partial charge in [0.25, 0.3) is 0 Å². The summed E-state index contributed by atoms with van der Waals surface area (Å²) in [7, 11) is 2.04. The van der Waals surface area contributed by atoms with Gasteiger partial charge >= 0.3 is 0 Å². The topological polar surface area (TPSA) is 62.6 Å². The number of benzene rings is 1. The smallest absolute Gasteiger partial charge is 0.166 e. The minimum Gasteiger partial charge on any atom is -0.507 e. The van der Waals surface area contributed by atoms with Gasteiger partial charge in [0.05, 0.1) is 15.0 Å². The maximum absolute atomic E-state index is 9.46. The van der Waals surface area contributed by atoms with Crippen molar-refractivity contribution in [1.29, 1.82) is 0 Å². The fourth-order valence-electron chi connectivity index (χ4n) is 1.24. The molecule has 0 spiro atoms. The lowest BCUT2D eigenvalue weighted by Crippen LogP contribution is -1.82. The average Bonchev–Trinajstić information content (AvgIpc) is 2.19. The number of aromatic hydroxyl groups is 2. The van der Waals surface area contributed by atoms with E-state index in [2.05, 4.69) is 4.98 Å². The van der Waals surface area contributed by atoms with Crippen molar-refractivity contribution in [2.24, 2.45) is 0 Å². The van der Waals surface area contributed by atoms with Crippen molar-refractivity contribution < 1.29 is 14.7 Å². The average molecular weight is 209 g/mol. The summed E-state index contributed by atoms with van der Waals surface area (Å²) in [5.41, 5.74) is 0.570. The molecule has 0 radical (unpaired) electrons. The molecule has 0 bridgehead atoms. The number of nitrogens with zero attached hydrogens (tertiary/aromatic N) is 1. The molecule has 2 rings (SSSR count). The van der Waals surface area contributed by atoms with Gasteiger partial charge in [-0.15, -0.1) is 0 Å². The van der Waals surface area contributed by atoms with Crippen molar-refractivity contribution in [1.82, 2.24) is 4.98 Å². The zero-order valence-electron chi connectivity index (χ0n) is 7.14. The number of fused-ring (bicyclic) bond motifs is 1. The summed E-state index contributed by atoms with van der Waals surface area (Å²) in [6.07, 6.45) is 1.49. The number of phenolic OH excluding ortho intramolecular Hbond substituents is 1. The lowest BCUT2D eigenvalue weighted by molar-refractivity contribution is 0.450. The van der Waals surface area contributed by atoms with Crippen LogP contribution in [-0.2, 0) is 0 Å². The van der Waals surface area contributed by atoms with Crippen LogP contribution in [0, 0.1) is 0 Å². The Balaban J connectivity index is 2.79. The fourth-order valence-corrected chi connectivity index (χ4v) is 1.43. The first-order chi connectivity index (χ1) is 6.72. The first-order valence-electron chi connectivity index (χ1n) is 3.90. The maximum Gasteiger partial charge on any atom is 0.166 e. The third-order valence-electron chi connectivity index (χ3n) is 1.93.